The minimum atomic E-state index is -4.55. The van der Waals surface area contributed by atoms with Gasteiger partial charge < -0.3 is 0 Å². The summed E-state index contributed by atoms with van der Waals surface area (Å²) >= 11 is 11.4. The maximum absolute atomic E-state index is 12.5. The molecule has 0 heterocycles. The highest BCUT2D eigenvalue weighted by molar-refractivity contribution is 6.36. The van der Waals surface area contributed by atoms with Gasteiger partial charge in [-0.3, -0.25) is 0 Å². The smallest absolute Gasteiger partial charge is 0.197 e. The first kappa shape index (κ1) is 14.6. The van der Waals surface area contributed by atoms with Crippen molar-refractivity contribution in [3.05, 3.63) is 33.3 Å². The predicted octanol–water partition coefficient (Wildman–Crippen LogP) is 4.22. The number of benzene rings is 1. The number of hydrogen-bond acceptors (Lipinski definition) is 2. The van der Waals surface area contributed by atoms with Crippen LogP contribution < -0.4 is 0 Å². The summed E-state index contributed by atoms with van der Waals surface area (Å²) in [6.45, 7) is 0. The third-order valence-electron chi connectivity index (χ3n) is 2.19. The summed E-state index contributed by atoms with van der Waals surface area (Å²) in [4.78, 5) is 0. The van der Waals surface area contributed by atoms with Crippen LogP contribution in [0.3, 0.4) is 0 Å². The van der Waals surface area contributed by atoms with E-state index < -0.39 is 17.7 Å². The first-order valence-electron chi connectivity index (χ1n) is 4.64. The fourth-order valence-corrected chi connectivity index (χ4v) is 1.93. The molecule has 94 valence electrons. The maximum Gasteiger partial charge on any atom is 0.416 e. The van der Waals surface area contributed by atoms with Crippen molar-refractivity contribution in [3.8, 4) is 12.1 Å². The Balaban J connectivity index is 3.19. The van der Waals surface area contributed by atoms with Gasteiger partial charge in [0, 0.05) is 16.5 Å². The molecule has 0 fully saturated rings. The van der Waals surface area contributed by atoms with Gasteiger partial charge in [0.05, 0.1) is 17.7 Å². The summed E-state index contributed by atoms with van der Waals surface area (Å²) in [5.41, 5.74) is -0.800. The van der Waals surface area contributed by atoms with Crippen LogP contribution in [0.4, 0.5) is 13.2 Å². The van der Waals surface area contributed by atoms with Crippen molar-refractivity contribution in [2.45, 2.75) is 12.6 Å². The third-order valence-corrected chi connectivity index (χ3v) is 2.86. The Labute approximate surface area is 111 Å². The van der Waals surface area contributed by atoms with E-state index in [0.29, 0.717) is 0 Å². The van der Waals surface area contributed by atoms with E-state index in [4.69, 9.17) is 33.7 Å². The van der Waals surface area contributed by atoms with Crippen molar-refractivity contribution in [2.75, 3.05) is 0 Å². The summed E-state index contributed by atoms with van der Waals surface area (Å²) in [6, 6.07) is 4.86. The average Bonchev–Trinajstić information content (AvgIpc) is 2.27. The van der Waals surface area contributed by atoms with Gasteiger partial charge in [-0.25, -0.2) is 0 Å². The second-order valence-electron chi connectivity index (χ2n) is 3.43. The van der Waals surface area contributed by atoms with Crippen molar-refractivity contribution in [1.29, 1.82) is 10.5 Å². The lowest BCUT2D eigenvalue weighted by atomic mass is 10.0. The molecular formula is C11H5Cl2F3N2. The highest BCUT2D eigenvalue weighted by Crippen LogP contribution is 2.36. The summed E-state index contributed by atoms with van der Waals surface area (Å²) in [5.74, 6) is -1.00. The molecule has 0 aliphatic carbocycles. The number of halogens is 5. The van der Waals surface area contributed by atoms with E-state index in [1.54, 1.807) is 12.1 Å². The van der Waals surface area contributed by atoms with E-state index in [9.17, 15) is 13.2 Å². The van der Waals surface area contributed by atoms with Gasteiger partial charge in [-0.15, -0.1) is 0 Å². The topological polar surface area (TPSA) is 47.6 Å². The van der Waals surface area contributed by atoms with Gasteiger partial charge in [0.15, 0.2) is 0 Å². The number of rotatable bonds is 2. The van der Waals surface area contributed by atoms with Gasteiger partial charge in [0.25, 0.3) is 0 Å². The number of hydrogen-bond donors (Lipinski definition) is 0. The molecule has 0 saturated carbocycles. The summed E-state index contributed by atoms with van der Waals surface area (Å²) in [5, 5.41) is 16.8. The molecule has 0 bridgehead atoms. The first-order valence-corrected chi connectivity index (χ1v) is 5.39. The largest absolute Gasteiger partial charge is 0.416 e. The molecule has 7 heteroatoms. The Bertz CT molecular complexity index is 504. The number of nitriles is 2. The second-order valence-corrected chi connectivity index (χ2v) is 4.25. The molecule has 1 aromatic carbocycles. The van der Waals surface area contributed by atoms with Crippen molar-refractivity contribution in [2.24, 2.45) is 5.92 Å². The van der Waals surface area contributed by atoms with Gasteiger partial charge in [-0.2, -0.15) is 23.7 Å². The molecule has 0 aromatic heterocycles. The predicted molar refractivity (Wildman–Crippen MR) is 59.9 cm³/mol. The van der Waals surface area contributed by atoms with Crippen LogP contribution in [0.5, 0.6) is 0 Å². The molecule has 0 N–H and O–H groups in total. The third kappa shape index (κ3) is 3.29. The second kappa shape index (κ2) is 5.48. The Kier molecular flexibility index (Phi) is 4.45. The zero-order valence-corrected chi connectivity index (χ0v) is 10.2. The van der Waals surface area contributed by atoms with Gasteiger partial charge >= 0.3 is 6.18 Å². The van der Waals surface area contributed by atoms with Crippen molar-refractivity contribution < 1.29 is 13.2 Å². The molecular weight excluding hydrogens is 288 g/mol. The molecule has 0 amide bonds. The molecule has 1 aromatic rings. The van der Waals surface area contributed by atoms with E-state index in [-0.39, 0.29) is 22.0 Å². The minimum absolute atomic E-state index is 0.108. The van der Waals surface area contributed by atoms with Crippen LogP contribution in [-0.2, 0) is 12.6 Å². The van der Waals surface area contributed by atoms with Crippen molar-refractivity contribution in [3.63, 3.8) is 0 Å². The lowest BCUT2D eigenvalue weighted by Crippen LogP contribution is -2.07. The Morgan fingerprint density at radius 1 is 1.11 bits per heavy atom. The lowest BCUT2D eigenvalue weighted by Gasteiger charge is -2.12. The lowest BCUT2D eigenvalue weighted by molar-refractivity contribution is -0.137. The fourth-order valence-electron chi connectivity index (χ4n) is 1.29. The highest BCUT2D eigenvalue weighted by Gasteiger charge is 2.32. The van der Waals surface area contributed by atoms with Crippen LogP contribution >= 0.6 is 23.2 Å². The van der Waals surface area contributed by atoms with Crippen molar-refractivity contribution in [1.82, 2.24) is 0 Å². The van der Waals surface area contributed by atoms with Gasteiger partial charge in [-0.1, -0.05) is 23.2 Å². The average molecular weight is 293 g/mol. The molecule has 1 rings (SSSR count). The minimum Gasteiger partial charge on any atom is -0.197 e. The Morgan fingerprint density at radius 2 is 1.56 bits per heavy atom. The summed E-state index contributed by atoms with van der Waals surface area (Å²) < 4.78 is 37.4. The van der Waals surface area contributed by atoms with E-state index >= 15 is 0 Å². The fraction of sp³-hybridized carbons (Fsp3) is 0.273. The van der Waals surface area contributed by atoms with Crippen molar-refractivity contribution >= 4 is 23.2 Å². The van der Waals surface area contributed by atoms with E-state index in [0.717, 1.165) is 12.1 Å². The normalized spacial score (nSPS) is 11.1. The van der Waals surface area contributed by atoms with Crippen LogP contribution in [0.1, 0.15) is 11.1 Å². The highest BCUT2D eigenvalue weighted by atomic mass is 35.5. The van der Waals surface area contributed by atoms with Crippen LogP contribution in [0.2, 0.25) is 10.0 Å². The number of nitrogens with zero attached hydrogens (tertiary/aromatic N) is 2. The van der Waals surface area contributed by atoms with Gasteiger partial charge in [0.1, 0.15) is 5.92 Å². The molecule has 0 unspecified atom stereocenters. The van der Waals surface area contributed by atoms with Gasteiger partial charge in [-0.05, 0) is 17.7 Å². The zero-order chi connectivity index (χ0) is 13.9. The molecule has 0 aliphatic heterocycles. The maximum atomic E-state index is 12.5. The van der Waals surface area contributed by atoms with E-state index in [1.807, 2.05) is 0 Å². The number of alkyl halides is 3. The molecule has 0 aliphatic rings. The quantitative estimate of drug-likeness (QED) is 0.819. The zero-order valence-electron chi connectivity index (χ0n) is 8.72. The monoisotopic (exact) mass is 292 g/mol. The first-order chi connectivity index (χ1) is 8.29. The molecule has 0 atom stereocenters. The SMILES string of the molecule is N#CC(C#N)Cc1c(Cl)cc(C(F)(F)F)cc1Cl. The van der Waals surface area contributed by atoms with Crippen LogP contribution in [0, 0.1) is 28.6 Å². The molecule has 0 saturated heterocycles. The van der Waals surface area contributed by atoms with E-state index in [2.05, 4.69) is 0 Å². The molecule has 18 heavy (non-hydrogen) atoms. The van der Waals surface area contributed by atoms with E-state index in [1.165, 1.54) is 0 Å². The van der Waals surface area contributed by atoms with Crippen LogP contribution in [-0.4, -0.2) is 0 Å². The van der Waals surface area contributed by atoms with Gasteiger partial charge in [0.2, 0.25) is 0 Å². The van der Waals surface area contributed by atoms with Crippen LogP contribution in [0.15, 0.2) is 12.1 Å². The molecule has 0 radical (unpaired) electrons. The Morgan fingerprint density at radius 3 is 1.89 bits per heavy atom. The molecule has 2 nitrogen and oxygen atoms in total. The molecule has 0 spiro atoms. The Hall–Kier alpha value is -1.43. The summed E-state index contributed by atoms with van der Waals surface area (Å²) in [6.07, 6.45) is -4.65. The summed E-state index contributed by atoms with van der Waals surface area (Å²) in [7, 11) is 0. The van der Waals surface area contributed by atoms with Crippen LogP contribution in [0.25, 0.3) is 0 Å². The standard InChI is InChI=1S/C11H5Cl2F3N2/c12-9-2-7(11(14,15)16)3-10(13)8(9)1-6(4-17)5-18/h2-3,6H,1H2.